The standard InChI is InChI=1S/C13H14N2S2/c1-9(12-3-2-8-17-12)15-11-6-4-10(5-7-11)13(14)16/h2-9,15H,1H3,(H2,14,16). The molecule has 1 heterocycles. The zero-order chi connectivity index (χ0) is 12.3. The molecule has 0 saturated heterocycles. The van der Waals surface area contributed by atoms with Crippen molar-refractivity contribution in [1.29, 1.82) is 0 Å². The number of nitrogens with two attached hydrogens (primary N) is 1. The first-order chi connectivity index (χ1) is 8.16. The average Bonchev–Trinajstić information content (AvgIpc) is 2.83. The summed E-state index contributed by atoms with van der Waals surface area (Å²) in [5, 5.41) is 5.52. The number of thiocarbonyl (C=S) groups is 1. The van der Waals surface area contributed by atoms with Crippen LogP contribution in [0.1, 0.15) is 23.4 Å². The maximum absolute atomic E-state index is 5.55. The van der Waals surface area contributed by atoms with E-state index in [1.165, 1.54) is 4.88 Å². The summed E-state index contributed by atoms with van der Waals surface area (Å²) in [6.45, 7) is 2.15. The first kappa shape index (κ1) is 12.1. The monoisotopic (exact) mass is 262 g/mol. The molecule has 2 rings (SSSR count). The molecule has 2 aromatic rings. The van der Waals surface area contributed by atoms with E-state index in [0.29, 0.717) is 11.0 Å². The third-order valence-corrected chi connectivity index (χ3v) is 3.81. The van der Waals surface area contributed by atoms with Crippen molar-refractivity contribution >= 4 is 34.2 Å². The van der Waals surface area contributed by atoms with E-state index in [2.05, 4.69) is 29.8 Å². The van der Waals surface area contributed by atoms with Gasteiger partial charge in [0, 0.05) is 16.1 Å². The highest BCUT2D eigenvalue weighted by Gasteiger charge is 2.05. The summed E-state index contributed by atoms with van der Waals surface area (Å²) in [6.07, 6.45) is 0. The van der Waals surface area contributed by atoms with Crippen LogP contribution in [-0.2, 0) is 0 Å². The van der Waals surface area contributed by atoms with Crippen LogP contribution in [0.4, 0.5) is 5.69 Å². The molecule has 1 unspecified atom stereocenters. The van der Waals surface area contributed by atoms with Gasteiger partial charge in [-0.15, -0.1) is 11.3 Å². The predicted octanol–water partition coefficient (Wildman–Crippen LogP) is 3.56. The first-order valence-corrected chi connectivity index (χ1v) is 6.65. The normalized spacial score (nSPS) is 12.1. The summed E-state index contributed by atoms with van der Waals surface area (Å²) in [5.41, 5.74) is 7.53. The number of nitrogens with one attached hydrogen (secondary N) is 1. The number of rotatable bonds is 4. The van der Waals surface area contributed by atoms with E-state index >= 15 is 0 Å². The van der Waals surface area contributed by atoms with Gasteiger partial charge >= 0.3 is 0 Å². The van der Waals surface area contributed by atoms with Gasteiger partial charge in [-0.05, 0) is 42.6 Å². The molecule has 0 aliphatic carbocycles. The van der Waals surface area contributed by atoms with Gasteiger partial charge in [-0.25, -0.2) is 0 Å². The number of benzene rings is 1. The summed E-state index contributed by atoms with van der Waals surface area (Å²) >= 11 is 6.67. The Morgan fingerprint density at radius 1 is 1.29 bits per heavy atom. The van der Waals surface area contributed by atoms with Gasteiger partial charge in [0.15, 0.2) is 0 Å². The predicted molar refractivity (Wildman–Crippen MR) is 78.7 cm³/mol. The Labute approximate surface area is 110 Å². The molecule has 1 aromatic carbocycles. The zero-order valence-electron chi connectivity index (χ0n) is 9.51. The molecule has 88 valence electrons. The van der Waals surface area contributed by atoms with Crippen molar-refractivity contribution in [3.8, 4) is 0 Å². The summed E-state index contributed by atoms with van der Waals surface area (Å²) < 4.78 is 0. The van der Waals surface area contributed by atoms with Gasteiger partial charge in [0.2, 0.25) is 0 Å². The molecular weight excluding hydrogens is 248 g/mol. The number of thiophene rings is 1. The second kappa shape index (κ2) is 5.29. The molecule has 1 atom stereocenters. The van der Waals surface area contributed by atoms with E-state index in [-0.39, 0.29) is 0 Å². The Balaban J connectivity index is 2.06. The average molecular weight is 262 g/mol. The minimum absolute atomic E-state index is 0.311. The molecule has 0 fully saturated rings. The topological polar surface area (TPSA) is 38.0 Å². The summed E-state index contributed by atoms with van der Waals surface area (Å²) in [6, 6.07) is 12.4. The number of anilines is 1. The SMILES string of the molecule is CC(Nc1ccc(C(N)=S)cc1)c1cccs1. The van der Waals surface area contributed by atoms with Crippen molar-refractivity contribution in [2.75, 3.05) is 5.32 Å². The van der Waals surface area contributed by atoms with Crippen LogP contribution in [0.15, 0.2) is 41.8 Å². The second-order valence-corrected chi connectivity index (χ2v) is 5.24. The molecule has 0 spiro atoms. The van der Waals surface area contributed by atoms with E-state index in [4.69, 9.17) is 18.0 Å². The van der Waals surface area contributed by atoms with Crippen LogP contribution in [0, 0.1) is 0 Å². The Kier molecular flexibility index (Phi) is 3.76. The second-order valence-electron chi connectivity index (χ2n) is 3.82. The number of hydrogen-bond acceptors (Lipinski definition) is 3. The fourth-order valence-electron chi connectivity index (χ4n) is 1.59. The van der Waals surface area contributed by atoms with Gasteiger partial charge in [-0.2, -0.15) is 0 Å². The van der Waals surface area contributed by atoms with Gasteiger partial charge in [0.25, 0.3) is 0 Å². The lowest BCUT2D eigenvalue weighted by molar-refractivity contribution is 0.908. The Bertz CT molecular complexity index is 489. The smallest absolute Gasteiger partial charge is 0.103 e. The molecule has 0 saturated carbocycles. The van der Waals surface area contributed by atoms with Gasteiger partial charge in [0.1, 0.15) is 4.99 Å². The van der Waals surface area contributed by atoms with Crippen molar-refractivity contribution < 1.29 is 0 Å². The molecule has 0 amide bonds. The lowest BCUT2D eigenvalue weighted by Gasteiger charge is -2.13. The maximum atomic E-state index is 5.55. The lowest BCUT2D eigenvalue weighted by Crippen LogP contribution is -2.09. The van der Waals surface area contributed by atoms with Gasteiger partial charge < -0.3 is 11.1 Å². The quantitative estimate of drug-likeness (QED) is 0.827. The molecule has 1 aromatic heterocycles. The van der Waals surface area contributed by atoms with E-state index in [0.717, 1.165) is 11.3 Å². The molecule has 2 nitrogen and oxygen atoms in total. The van der Waals surface area contributed by atoms with Crippen molar-refractivity contribution in [1.82, 2.24) is 0 Å². The minimum atomic E-state index is 0.311. The summed E-state index contributed by atoms with van der Waals surface area (Å²) in [4.78, 5) is 1.76. The van der Waals surface area contributed by atoms with Gasteiger partial charge in [-0.1, -0.05) is 18.3 Å². The molecule has 0 bridgehead atoms. The largest absolute Gasteiger partial charge is 0.389 e. The molecule has 0 aliphatic heterocycles. The lowest BCUT2D eigenvalue weighted by atomic mass is 10.2. The highest BCUT2D eigenvalue weighted by atomic mass is 32.1. The van der Waals surface area contributed by atoms with Gasteiger partial charge in [0.05, 0.1) is 6.04 Å². The number of hydrogen-bond donors (Lipinski definition) is 2. The molecule has 17 heavy (non-hydrogen) atoms. The molecule has 4 heteroatoms. The molecule has 3 N–H and O–H groups in total. The fourth-order valence-corrected chi connectivity index (χ4v) is 2.46. The zero-order valence-corrected chi connectivity index (χ0v) is 11.1. The van der Waals surface area contributed by atoms with Crippen LogP contribution in [0.3, 0.4) is 0 Å². The van der Waals surface area contributed by atoms with Crippen molar-refractivity contribution in [2.24, 2.45) is 5.73 Å². The van der Waals surface area contributed by atoms with Crippen LogP contribution in [0.2, 0.25) is 0 Å². The molecular formula is C13H14N2S2. The van der Waals surface area contributed by atoms with Crippen LogP contribution < -0.4 is 11.1 Å². The summed E-state index contributed by atoms with van der Waals surface area (Å²) in [5.74, 6) is 0. The van der Waals surface area contributed by atoms with Crippen LogP contribution >= 0.6 is 23.6 Å². The van der Waals surface area contributed by atoms with E-state index in [1.807, 2.05) is 24.3 Å². The van der Waals surface area contributed by atoms with Gasteiger partial charge in [-0.3, -0.25) is 0 Å². The van der Waals surface area contributed by atoms with E-state index in [1.54, 1.807) is 11.3 Å². The van der Waals surface area contributed by atoms with Crippen molar-refractivity contribution in [3.05, 3.63) is 52.2 Å². The van der Waals surface area contributed by atoms with Crippen LogP contribution in [-0.4, -0.2) is 4.99 Å². The highest BCUT2D eigenvalue weighted by molar-refractivity contribution is 7.80. The van der Waals surface area contributed by atoms with E-state index < -0.39 is 0 Å². The Morgan fingerprint density at radius 3 is 2.53 bits per heavy atom. The Morgan fingerprint density at radius 2 is 2.00 bits per heavy atom. The van der Waals surface area contributed by atoms with Crippen LogP contribution in [0.5, 0.6) is 0 Å². The van der Waals surface area contributed by atoms with Crippen LogP contribution in [0.25, 0.3) is 0 Å². The van der Waals surface area contributed by atoms with Crippen molar-refractivity contribution in [2.45, 2.75) is 13.0 Å². The third-order valence-electron chi connectivity index (χ3n) is 2.52. The first-order valence-electron chi connectivity index (χ1n) is 5.36. The molecule has 0 aliphatic rings. The maximum Gasteiger partial charge on any atom is 0.103 e. The minimum Gasteiger partial charge on any atom is -0.389 e. The molecule has 0 radical (unpaired) electrons. The Hall–Kier alpha value is -1.39. The summed E-state index contributed by atoms with van der Waals surface area (Å²) in [7, 11) is 0. The highest BCUT2D eigenvalue weighted by Crippen LogP contribution is 2.23. The fraction of sp³-hybridized carbons (Fsp3) is 0.154. The van der Waals surface area contributed by atoms with E-state index in [9.17, 15) is 0 Å². The third kappa shape index (κ3) is 3.05. The van der Waals surface area contributed by atoms with Crippen molar-refractivity contribution in [3.63, 3.8) is 0 Å².